The average Bonchev–Trinajstić information content (AvgIpc) is 3.11. The lowest BCUT2D eigenvalue weighted by atomic mass is 9.87. The van der Waals surface area contributed by atoms with E-state index in [9.17, 15) is 4.79 Å². The zero-order chi connectivity index (χ0) is 16.2. The molecule has 0 saturated carbocycles. The van der Waals surface area contributed by atoms with E-state index in [-0.39, 0.29) is 5.91 Å². The van der Waals surface area contributed by atoms with Crippen molar-refractivity contribution in [3.05, 3.63) is 0 Å². The van der Waals surface area contributed by atoms with Crippen molar-refractivity contribution < 1.29 is 9.53 Å². The Morgan fingerprint density at radius 1 is 1.36 bits per heavy atom. The van der Waals surface area contributed by atoms with Crippen molar-refractivity contribution in [3.8, 4) is 0 Å². The molecule has 1 unspecified atom stereocenters. The molecule has 0 radical (unpaired) electrons. The Morgan fingerprint density at radius 3 is 2.73 bits per heavy atom. The Morgan fingerprint density at radius 2 is 2.14 bits per heavy atom. The maximum atomic E-state index is 12.1. The second-order valence-corrected chi connectivity index (χ2v) is 7.12. The van der Waals surface area contributed by atoms with Crippen molar-refractivity contribution in [2.75, 3.05) is 46.4 Å². The first-order valence-electron chi connectivity index (χ1n) is 8.24. The molecule has 2 aliphatic heterocycles. The number of carbonyl (C=O) groups is 1. The fourth-order valence-corrected chi connectivity index (χ4v) is 3.20. The van der Waals surface area contributed by atoms with Crippen LogP contribution in [0.1, 0.15) is 33.6 Å². The molecule has 1 amide bonds. The van der Waals surface area contributed by atoms with Crippen LogP contribution in [0.5, 0.6) is 0 Å². The lowest BCUT2D eigenvalue weighted by Gasteiger charge is -2.29. The van der Waals surface area contributed by atoms with E-state index in [2.05, 4.69) is 20.5 Å². The number of guanidine groups is 1. The fraction of sp³-hybridized carbons (Fsp3) is 0.875. The van der Waals surface area contributed by atoms with Gasteiger partial charge in [-0.05, 0) is 33.6 Å². The van der Waals surface area contributed by atoms with Crippen molar-refractivity contribution >= 4 is 11.9 Å². The van der Waals surface area contributed by atoms with Gasteiger partial charge in [0, 0.05) is 45.2 Å². The summed E-state index contributed by atoms with van der Waals surface area (Å²) in [4.78, 5) is 18.8. The van der Waals surface area contributed by atoms with E-state index in [0.29, 0.717) is 18.5 Å². The van der Waals surface area contributed by atoms with Gasteiger partial charge in [0.2, 0.25) is 5.91 Å². The number of nitrogens with one attached hydrogen (secondary N) is 2. The van der Waals surface area contributed by atoms with Crippen LogP contribution in [0.15, 0.2) is 4.99 Å². The number of ether oxygens (including phenoxy) is 1. The summed E-state index contributed by atoms with van der Waals surface area (Å²) in [5.41, 5.74) is -0.146. The molecule has 0 bridgehead atoms. The summed E-state index contributed by atoms with van der Waals surface area (Å²) in [5.74, 6) is 0.959. The third-order valence-electron chi connectivity index (χ3n) is 4.78. The first kappa shape index (κ1) is 17.1. The summed E-state index contributed by atoms with van der Waals surface area (Å²) in [5, 5.41) is 6.26. The zero-order valence-corrected chi connectivity index (χ0v) is 14.4. The Balaban J connectivity index is 1.89. The normalized spacial score (nSPS) is 25.8. The van der Waals surface area contributed by atoms with Gasteiger partial charge in [0.05, 0.1) is 12.0 Å². The van der Waals surface area contributed by atoms with Gasteiger partial charge >= 0.3 is 0 Å². The highest BCUT2D eigenvalue weighted by molar-refractivity contribution is 5.84. The summed E-state index contributed by atoms with van der Waals surface area (Å²) in [6.45, 7) is 10.8. The summed E-state index contributed by atoms with van der Waals surface area (Å²) in [6, 6.07) is 0. The number of amides is 1. The van der Waals surface area contributed by atoms with Crippen LogP contribution >= 0.6 is 0 Å². The van der Waals surface area contributed by atoms with Gasteiger partial charge in [0.25, 0.3) is 0 Å². The van der Waals surface area contributed by atoms with E-state index in [4.69, 9.17) is 4.74 Å². The molecule has 0 aromatic rings. The lowest BCUT2D eigenvalue weighted by molar-refractivity contribution is -0.128. The molecule has 2 saturated heterocycles. The highest BCUT2D eigenvalue weighted by atomic mass is 16.5. The number of hydrogen-bond donors (Lipinski definition) is 2. The molecular formula is C16H30N4O2. The van der Waals surface area contributed by atoms with Gasteiger partial charge in [0.1, 0.15) is 0 Å². The van der Waals surface area contributed by atoms with E-state index in [1.54, 1.807) is 7.05 Å². The second-order valence-electron chi connectivity index (χ2n) is 7.12. The molecule has 1 spiro atoms. The van der Waals surface area contributed by atoms with E-state index >= 15 is 0 Å². The second kappa shape index (κ2) is 6.86. The fourth-order valence-electron chi connectivity index (χ4n) is 3.20. The van der Waals surface area contributed by atoms with Crippen LogP contribution < -0.4 is 10.6 Å². The predicted molar refractivity (Wildman–Crippen MR) is 87.9 cm³/mol. The van der Waals surface area contributed by atoms with E-state index < -0.39 is 5.41 Å². The molecule has 2 N–H and O–H groups in total. The van der Waals surface area contributed by atoms with Crippen LogP contribution in [0.25, 0.3) is 0 Å². The monoisotopic (exact) mass is 310 g/mol. The van der Waals surface area contributed by atoms with Gasteiger partial charge in [-0.1, -0.05) is 0 Å². The smallest absolute Gasteiger partial charge is 0.227 e. The van der Waals surface area contributed by atoms with Crippen LogP contribution in [0.3, 0.4) is 0 Å². The van der Waals surface area contributed by atoms with Crippen molar-refractivity contribution in [1.82, 2.24) is 15.5 Å². The molecule has 2 rings (SSSR count). The van der Waals surface area contributed by atoms with Gasteiger partial charge in [-0.15, -0.1) is 0 Å². The summed E-state index contributed by atoms with van der Waals surface area (Å²) in [7, 11) is 1.80. The van der Waals surface area contributed by atoms with Crippen molar-refractivity contribution in [2.24, 2.45) is 15.8 Å². The van der Waals surface area contributed by atoms with Gasteiger partial charge in [-0.2, -0.15) is 0 Å². The Bertz CT molecular complexity index is 428. The molecule has 6 nitrogen and oxygen atoms in total. The van der Waals surface area contributed by atoms with Gasteiger partial charge < -0.3 is 20.3 Å². The number of likely N-dealkylation sites (tertiary alicyclic amines) is 1. The zero-order valence-electron chi connectivity index (χ0n) is 14.4. The standard InChI is InChI=1S/C16H30N4O2/c1-5-18-13(21)15(2,3)10-19-14(17-4)20-8-6-16(11-20)7-9-22-12-16/h5-12H2,1-4H3,(H,17,19)(H,18,21). The number of hydrogen-bond acceptors (Lipinski definition) is 3. The first-order valence-corrected chi connectivity index (χ1v) is 8.24. The van der Waals surface area contributed by atoms with E-state index in [0.717, 1.165) is 45.1 Å². The van der Waals surface area contributed by atoms with Crippen LogP contribution in [0, 0.1) is 10.8 Å². The molecule has 2 heterocycles. The Labute approximate surface area is 133 Å². The number of aliphatic imine (C=N–C) groups is 1. The molecular weight excluding hydrogens is 280 g/mol. The van der Waals surface area contributed by atoms with Crippen LogP contribution in [0.2, 0.25) is 0 Å². The largest absolute Gasteiger partial charge is 0.381 e. The number of nitrogens with zero attached hydrogens (tertiary/aromatic N) is 2. The maximum Gasteiger partial charge on any atom is 0.227 e. The van der Waals surface area contributed by atoms with Crippen LogP contribution in [-0.2, 0) is 9.53 Å². The minimum absolute atomic E-state index is 0.0695. The first-order chi connectivity index (χ1) is 10.4. The molecule has 2 aliphatic rings. The molecule has 1 atom stereocenters. The third kappa shape index (κ3) is 3.72. The summed E-state index contributed by atoms with van der Waals surface area (Å²) >= 11 is 0. The summed E-state index contributed by atoms with van der Waals surface area (Å²) < 4.78 is 5.58. The minimum atomic E-state index is -0.459. The van der Waals surface area contributed by atoms with Crippen molar-refractivity contribution in [1.29, 1.82) is 0 Å². The van der Waals surface area contributed by atoms with Crippen LogP contribution in [0.4, 0.5) is 0 Å². The predicted octanol–water partition coefficient (Wildman–Crippen LogP) is 0.837. The molecule has 0 aromatic carbocycles. The quantitative estimate of drug-likeness (QED) is 0.596. The molecule has 22 heavy (non-hydrogen) atoms. The molecule has 2 fully saturated rings. The highest BCUT2D eigenvalue weighted by Gasteiger charge is 2.42. The minimum Gasteiger partial charge on any atom is -0.381 e. The van der Waals surface area contributed by atoms with Crippen molar-refractivity contribution in [2.45, 2.75) is 33.6 Å². The Hall–Kier alpha value is -1.30. The SMILES string of the molecule is CCNC(=O)C(C)(C)CNC(=NC)N1CCC2(CCOC2)C1. The Kier molecular flexibility index (Phi) is 5.32. The van der Waals surface area contributed by atoms with E-state index in [1.165, 1.54) is 0 Å². The average molecular weight is 310 g/mol. The molecule has 0 aliphatic carbocycles. The summed E-state index contributed by atoms with van der Waals surface area (Å²) in [6.07, 6.45) is 2.30. The molecule has 6 heteroatoms. The molecule has 126 valence electrons. The number of carbonyl (C=O) groups excluding carboxylic acids is 1. The highest BCUT2D eigenvalue weighted by Crippen LogP contribution is 2.38. The van der Waals surface area contributed by atoms with Gasteiger partial charge in [-0.3, -0.25) is 9.79 Å². The maximum absolute atomic E-state index is 12.1. The lowest BCUT2D eigenvalue weighted by Crippen LogP contribution is -2.49. The van der Waals surface area contributed by atoms with Crippen LogP contribution in [-0.4, -0.2) is 63.2 Å². The number of rotatable bonds is 4. The topological polar surface area (TPSA) is 66.0 Å². The van der Waals surface area contributed by atoms with Gasteiger partial charge in [0.15, 0.2) is 5.96 Å². The van der Waals surface area contributed by atoms with Crippen molar-refractivity contribution in [3.63, 3.8) is 0 Å². The van der Waals surface area contributed by atoms with E-state index in [1.807, 2.05) is 20.8 Å². The third-order valence-corrected chi connectivity index (χ3v) is 4.78. The molecule has 0 aromatic heterocycles. The van der Waals surface area contributed by atoms with Gasteiger partial charge in [-0.25, -0.2) is 0 Å².